The van der Waals surface area contributed by atoms with Gasteiger partial charge < -0.3 is 14.9 Å². The third-order valence-electron chi connectivity index (χ3n) is 2.50. The van der Waals surface area contributed by atoms with Crippen LogP contribution >= 0.6 is 15.9 Å². The highest BCUT2D eigenvalue weighted by Crippen LogP contribution is 2.22. The first-order valence-corrected chi connectivity index (χ1v) is 5.66. The molecular formula is C9H11BrN4O2. The smallest absolute Gasteiger partial charge is 0.407 e. The van der Waals surface area contributed by atoms with Crippen LogP contribution in [0.1, 0.15) is 0 Å². The van der Waals surface area contributed by atoms with Gasteiger partial charge in [0.25, 0.3) is 0 Å². The Morgan fingerprint density at radius 3 is 2.62 bits per heavy atom. The molecule has 1 amide bonds. The maximum absolute atomic E-state index is 10.7. The molecule has 0 aliphatic carbocycles. The zero-order valence-corrected chi connectivity index (χ0v) is 10.1. The Morgan fingerprint density at radius 2 is 2.06 bits per heavy atom. The normalized spacial score (nSPS) is 16.3. The number of aromatic nitrogens is 2. The van der Waals surface area contributed by atoms with E-state index in [2.05, 4.69) is 25.9 Å². The molecule has 0 spiro atoms. The summed E-state index contributed by atoms with van der Waals surface area (Å²) in [5.41, 5.74) is 0. The molecule has 0 saturated carbocycles. The van der Waals surface area contributed by atoms with Crippen LogP contribution in [0.5, 0.6) is 0 Å². The molecule has 0 bridgehead atoms. The summed E-state index contributed by atoms with van der Waals surface area (Å²) in [5, 5.41) is 8.82. The van der Waals surface area contributed by atoms with Gasteiger partial charge in [-0.25, -0.2) is 14.8 Å². The maximum Gasteiger partial charge on any atom is 0.407 e. The van der Waals surface area contributed by atoms with E-state index >= 15 is 0 Å². The third-order valence-corrected chi connectivity index (χ3v) is 3.06. The standard InChI is InChI=1S/C9H11BrN4O2/c10-7-5-11-6-12-8(7)13-1-3-14(4-2-13)9(15)16/h5-6H,1-4H2,(H,15,16). The lowest BCUT2D eigenvalue weighted by Crippen LogP contribution is -2.48. The number of amides is 1. The van der Waals surface area contributed by atoms with Crippen molar-refractivity contribution in [3.63, 3.8) is 0 Å². The van der Waals surface area contributed by atoms with Crippen LogP contribution in [0.4, 0.5) is 10.6 Å². The molecule has 1 saturated heterocycles. The molecule has 6 nitrogen and oxygen atoms in total. The van der Waals surface area contributed by atoms with Crippen molar-refractivity contribution in [2.75, 3.05) is 31.1 Å². The first-order chi connectivity index (χ1) is 7.68. The van der Waals surface area contributed by atoms with E-state index in [1.54, 1.807) is 6.20 Å². The summed E-state index contributed by atoms with van der Waals surface area (Å²) < 4.78 is 0.832. The van der Waals surface area contributed by atoms with Crippen molar-refractivity contribution in [2.24, 2.45) is 0 Å². The van der Waals surface area contributed by atoms with E-state index in [1.165, 1.54) is 11.2 Å². The molecule has 0 unspecified atom stereocenters. The van der Waals surface area contributed by atoms with E-state index < -0.39 is 6.09 Å². The van der Waals surface area contributed by atoms with E-state index in [0.717, 1.165) is 10.3 Å². The lowest BCUT2D eigenvalue weighted by atomic mass is 10.3. The van der Waals surface area contributed by atoms with E-state index in [9.17, 15) is 4.79 Å². The van der Waals surface area contributed by atoms with Crippen LogP contribution < -0.4 is 4.90 Å². The van der Waals surface area contributed by atoms with Gasteiger partial charge in [-0.1, -0.05) is 0 Å². The summed E-state index contributed by atoms with van der Waals surface area (Å²) in [6.07, 6.45) is 2.32. The topological polar surface area (TPSA) is 69.6 Å². The summed E-state index contributed by atoms with van der Waals surface area (Å²) in [5.74, 6) is 0.819. The van der Waals surface area contributed by atoms with Gasteiger partial charge in [-0.3, -0.25) is 0 Å². The third kappa shape index (κ3) is 2.24. The van der Waals surface area contributed by atoms with Crippen molar-refractivity contribution in [1.82, 2.24) is 14.9 Å². The Balaban J connectivity index is 2.05. The Bertz CT molecular complexity index is 393. The zero-order valence-electron chi connectivity index (χ0n) is 8.51. The predicted molar refractivity (Wildman–Crippen MR) is 61.5 cm³/mol. The molecule has 7 heteroatoms. The quantitative estimate of drug-likeness (QED) is 0.835. The Morgan fingerprint density at radius 1 is 1.38 bits per heavy atom. The molecule has 1 aliphatic heterocycles. The highest BCUT2D eigenvalue weighted by Gasteiger charge is 2.22. The van der Waals surface area contributed by atoms with Gasteiger partial charge in [-0.2, -0.15) is 0 Å². The minimum Gasteiger partial charge on any atom is -0.465 e. The number of carboxylic acid groups (broad SMARTS) is 1. The lowest BCUT2D eigenvalue weighted by Gasteiger charge is -2.34. The van der Waals surface area contributed by atoms with Gasteiger partial charge >= 0.3 is 6.09 Å². The molecule has 1 aromatic rings. The second-order valence-corrected chi connectivity index (χ2v) is 4.31. The number of halogens is 1. The van der Waals surface area contributed by atoms with Crippen LogP contribution in [0.2, 0.25) is 0 Å². The van der Waals surface area contributed by atoms with E-state index in [1.807, 2.05) is 4.90 Å². The average molecular weight is 287 g/mol. The Hall–Kier alpha value is -1.37. The first-order valence-electron chi connectivity index (χ1n) is 4.87. The van der Waals surface area contributed by atoms with Crippen LogP contribution in [-0.4, -0.2) is 52.2 Å². The fourth-order valence-corrected chi connectivity index (χ4v) is 2.12. The fraction of sp³-hybridized carbons (Fsp3) is 0.444. The molecule has 2 heterocycles. The minimum absolute atomic E-state index is 0.506. The molecule has 0 aromatic carbocycles. The molecule has 0 atom stereocenters. The summed E-state index contributed by atoms with van der Waals surface area (Å²) in [6, 6.07) is 0. The summed E-state index contributed by atoms with van der Waals surface area (Å²) >= 11 is 3.38. The van der Waals surface area contributed by atoms with Gasteiger partial charge in [0.15, 0.2) is 0 Å². The van der Waals surface area contributed by atoms with Gasteiger partial charge in [-0.15, -0.1) is 0 Å². The van der Waals surface area contributed by atoms with E-state index in [-0.39, 0.29) is 0 Å². The number of nitrogens with zero attached hydrogens (tertiary/aromatic N) is 4. The molecule has 16 heavy (non-hydrogen) atoms. The molecule has 86 valence electrons. The van der Waals surface area contributed by atoms with Crippen molar-refractivity contribution in [3.05, 3.63) is 17.0 Å². The summed E-state index contributed by atoms with van der Waals surface area (Å²) in [6.45, 7) is 2.32. The first kappa shape index (κ1) is 11.1. The highest BCUT2D eigenvalue weighted by molar-refractivity contribution is 9.10. The Labute approximate surface area is 101 Å². The van der Waals surface area contributed by atoms with Gasteiger partial charge in [0.2, 0.25) is 0 Å². The molecule has 1 aromatic heterocycles. The van der Waals surface area contributed by atoms with Crippen molar-refractivity contribution < 1.29 is 9.90 Å². The summed E-state index contributed by atoms with van der Waals surface area (Å²) in [4.78, 5) is 22.3. The van der Waals surface area contributed by atoms with Crippen molar-refractivity contribution in [3.8, 4) is 0 Å². The molecule has 2 rings (SSSR count). The molecular weight excluding hydrogens is 276 g/mol. The number of piperazine rings is 1. The maximum atomic E-state index is 10.7. The monoisotopic (exact) mass is 286 g/mol. The van der Waals surface area contributed by atoms with Crippen molar-refractivity contribution >= 4 is 27.8 Å². The van der Waals surface area contributed by atoms with Gasteiger partial charge in [-0.05, 0) is 15.9 Å². The van der Waals surface area contributed by atoms with Gasteiger partial charge in [0.1, 0.15) is 12.1 Å². The molecule has 1 aliphatic rings. The van der Waals surface area contributed by atoms with Gasteiger partial charge in [0, 0.05) is 32.4 Å². The van der Waals surface area contributed by atoms with Crippen LogP contribution in [0.15, 0.2) is 17.0 Å². The Kier molecular flexibility index (Phi) is 3.23. The number of anilines is 1. The molecule has 1 fully saturated rings. The molecule has 1 N–H and O–H groups in total. The lowest BCUT2D eigenvalue weighted by molar-refractivity contribution is 0.142. The average Bonchev–Trinajstić information content (AvgIpc) is 2.30. The van der Waals surface area contributed by atoms with Crippen molar-refractivity contribution in [1.29, 1.82) is 0 Å². The molecule has 0 radical (unpaired) electrons. The minimum atomic E-state index is -0.860. The second-order valence-electron chi connectivity index (χ2n) is 3.45. The van der Waals surface area contributed by atoms with Crippen molar-refractivity contribution in [2.45, 2.75) is 0 Å². The number of hydrogen-bond donors (Lipinski definition) is 1. The largest absolute Gasteiger partial charge is 0.465 e. The van der Waals surface area contributed by atoms with Crippen LogP contribution in [-0.2, 0) is 0 Å². The van der Waals surface area contributed by atoms with E-state index in [0.29, 0.717) is 26.2 Å². The van der Waals surface area contributed by atoms with Crippen LogP contribution in [0, 0.1) is 0 Å². The second kappa shape index (κ2) is 4.65. The van der Waals surface area contributed by atoms with Crippen LogP contribution in [0.25, 0.3) is 0 Å². The predicted octanol–water partition coefficient (Wildman–Crippen LogP) is 1.04. The van der Waals surface area contributed by atoms with E-state index in [4.69, 9.17) is 5.11 Å². The summed E-state index contributed by atoms with van der Waals surface area (Å²) in [7, 11) is 0. The van der Waals surface area contributed by atoms with Gasteiger partial charge in [0.05, 0.1) is 4.47 Å². The van der Waals surface area contributed by atoms with Crippen LogP contribution in [0.3, 0.4) is 0 Å². The number of carbonyl (C=O) groups is 1. The highest BCUT2D eigenvalue weighted by atomic mass is 79.9. The zero-order chi connectivity index (χ0) is 11.5. The SMILES string of the molecule is O=C(O)N1CCN(c2ncncc2Br)CC1. The number of rotatable bonds is 1. The number of hydrogen-bond acceptors (Lipinski definition) is 4. The fourth-order valence-electron chi connectivity index (χ4n) is 1.65.